The van der Waals surface area contributed by atoms with Crippen LogP contribution in [0.25, 0.3) is 0 Å². The first-order valence-corrected chi connectivity index (χ1v) is 6.70. The van der Waals surface area contributed by atoms with Crippen LogP contribution in [0.4, 0.5) is 15.8 Å². The highest BCUT2D eigenvalue weighted by molar-refractivity contribution is 5.96. The molecule has 5 nitrogen and oxygen atoms in total. The molecule has 0 atom stereocenters. The normalized spacial score (nSPS) is 9.91. The van der Waals surface area contributed by atoms with E-state index < -0.39 is 0 Å². The van der Waals surface area contributed by atoms with Gasteiger partial charge < -0.3 is 16.0 Å². The molecule has 0 bridgehead atoms. The zero-order valence-electron chi connectivity index (χ0n) is 12.0. The predicted molar refractivity (Wildman–Crippen MR) is 83.4 cm³/mol. The van der Waals surface area contributed by atoms with E-state index in [9.17, 15) is 14.0 Å². The van der Waals surface area contributed by atoms with E-state index >= 15 is 0 Å². The van der Waals surface area contributed by atoms with Crippen molar-refractivity contribution in [2.24, 2.45) is 0 Å². The molecule has 0 spiro atoms. The Morgan fingerprint density at radius 2 is 1.55 bits per heavy atom. The van der Waals surface area contributed by atoms with Crippen molar-refractivity contribution in [3.8, 4) is 0 Å². The Balaban J connectivity index is 1.86. The van der Waals surface area contributed by atoms with E-state index in [0.717, 1.165) is 0 Å². The Hall–Kier alpha value is -2.89. The van der Waals surface area contributed by atoms with Crippen molar-refractivity contribution < 1.29 is 14.0 Å². The lowest BCUT2D eigenvalue weighted by Crippen LogP contribution is -2.22. The third-order valence-electron chi connectivity index (χ3n) is 2.96. The number of benzene rings is 2. The molecule has 3 N–H and O–H groups in total. The summed E-state index contributed by atoms with van der Waals surface area (Å²) >= 11 is 0. The number of halogens is 1. The van der Waals surface area contributed by atoms with E-state index in [1.54, 1.807) is 43.4 Å². The number of carbonyl (C=O) groups excluding carboxylic acids is 2. The van der Waals surface area contributed by atoms with E-state index in [2.05, 4.69) is 16.0 Å². The van der Waals surface area contributed by atoms with Crippen LogP contribution < -0.4 is 16.0 Å². The van der Waals surface area contributed by atoms with Gasteiger partial charge in [-0.25, -0.2) is 4.39 Å². The molecule has 0 aliphatic carbocycles. The fraction of sp³-hybridized carbons (Fsp3) is 0.125. The fourth-order valence-corrected chi connectivity index (χ4v) is 1.80. The fourth-order valence-electron chi connectivity index (χ4n) is 1.80. The topological polar surface area (TPSA) is 70.2 Å². The van der Waals surface area contributed by atoms with Gasteiger partial charge in [-0.1, -0.05) is 0 Å². The quantitative estimate of drug-likeness (QED) is 0.793. The van der Waals surface area contributed by atoms with E-state index in [1.807, 2.05) is 0 Å². The van der Waals surface area contributed by atoms with Gasteiger partial charge in [0.2, 0.25) is 5.91 Å². The molecule has 2 aromatic carbocycles. The third kappa shape index (κ3) is 4.31. The first-order chi connectivity index (χ1) is 10.6. The molecule has 0 unspecified atom stereocenters. The highest BCUT2D eigenvalue weighted by atomic mass is 19.1. The number of nitrogens with one attached hydrogen (secondary N) is 3. The van der Waals surface area contributed by atoms with Crippen molar-refractivity contribution in [1.29, 1.82) is 0 Å². The number of hydrogen-bond donors (Lipinski definition) is 3. The molecule has 22 heavy (non-hydrogen) atoms. The summed E-state index contributed by atoms with van der Waals surface area (Å²) in [4.78, 5) is 23.2. The second kappa shape index (κ2) is 7.21. The van der Waals surface area contributed by atoms with E-state index in [0.29, 0.717) is 16.9 Å². The van der Waals surface area contributed by atoms with Crippen LogP contribution >= 0.6 is 0 Å². The third-order valence-corrected chi connectivity index (χ3v) is 2.96. The lowest BCUT2D eigenvalue weighted by Gasteiger charge is -2.08. The van der Waals surface area contributed by atoms with Gasteiger partial charge in [-0.05, 0) is 48.5 Å². The number of amides is 2. The molecular weight excluding hydrogens is 285 g/mol. The predicted octanol–water partition coefficient (Wildman–Crippen LogP) is 2.24. The van der Waals surface area contributed by atoms with Gasteiger partial charge in [0.1, 0.15) is 5.82 Å². The standard InChI is InChI=1S/C16H16FN3O2/c1-18-16(22)11-2-6-14(7-3-11)20-15(21)10-19-13-8-4-12(17)5-9-13/h2-9,19H,10H2,1H3,(H,18,22)(H,20,21). The Kier molecular flexibility index (Phi) is 5.08. The van der Waals surface area contributed by atoms with Gasteiger partial charge in [-0.15, -0.1) is 0 Å². The van der Waals surface area contributed by atoms with Crippen LogP contribution in [-0.4, -0.2) is 25.4 Å². The largest absolute Gasteiger partial charge is 0.376 e. The van der Waals surface area contributed by atoms with Crippen LogP contribution in [0.15, 0.2) is 48.5 Å². The molecule has 0 saturated heterocycles. The maximum absolute atomic E-state index is 12.8. The maximum Gasteiger partial charge on any atom is 0.251 e. The molecule has 6 heteroatoms. The first kappa shape index (κ1) is 15.5. The monoisotopic (exact) mass is 301 g/mol. The summed E-state index contributed by atoms with van der Waals surface area (Å²) in [5.41, 5.74) is 1.77. The summed E-state index contributed by atoms with van der Waals surface area (Å²) in [5.74, 6) is -0.751. The van der Waals surface area contributed by atoms with Gasteiger partial charge in [-0.2, -0.15) is 0 Å². The molecule has 2 aromatic rings. The molecule has 0 aromatic heterocycles. The summed E-state index contributed by atoms with van der Waals surface area (Å²) in [6.07, 6.45) is 0. The second-order valence-corrected chi connectivity index (χ2v) is 4.57. The summed E-state index contributed by atoms with van der Waals surface area (Å²) < 4.78 is 12.8. The molecule has 0 heterocycles. The molecule has 0 radical (unpaired) electrons. The van der Waals surface area contributed by atoms with Crippen LogP contribution in [-0.2, 0) is 4.79 Å². The zero-order chi connectivity index (χ0) is 15.9. The summed E-state index contributed by atoms with van der Waals surface area (Å²) in [6.45, 7) is 0.0584. The van der Waals surface area contributed by atoms with Gasteiger partial charge in [0.05, 0.1) is 6.54 Å². The lowest BCUT2D eigenvalue weighted by atomic mass is 10.2. The highest BCUT2D eigenvalue weighted by Crippen LogP contribution is 2.10. The minimum atomic E-state index is -0.328. The van der Waals surface area contributed by atoms with Gasteiger partial charge in [0, 0.05) is 24.0 Å². The average molecular weight is 301 g/mol. The Bertz CT molecular complexity index is 654. The Morgan fingerprint density at radius 3 is 2.14 bits per heavy atom. The van der Waals surface area contributed by atoms with Crippen molar-refractivity contribution >= 4 is 23.2 Å². The first-order valence-electron chi connectivity index (χ1n) is 6.70. The van der Waals surface area contributed by atoms with Crippen molar-refractivity contribution in [2.45, 2.75) is 0 Å². The van der Waals surface area contributed by atoms with E-state index in [4.69, 9.17) is 0 Å². The zero-order valence-corrected chi connectivity index (χ0v) is 12.0. The molecule has 114 valence electrons. The van der Waals surface area contributed by atoms with Crippen molar-refractivity contribution in [3.05, 3.63) is 59.9 Å². The lowest BCUT2D eigenvalue weighted by molar-refractivity contribution is -0.114. The van der Waals surface area contributed by atoms with Crippen LogP contribution in [0.1, 0.15) is 10.4 Å². The Morgan fingerprint density at radius 1 is 0.955 bits per heavy atom. The second-order valence-electron chi connectivity index (χ2n) is 4.57. The van der Waals surface area contributed by atoms with Crippen LogP contribution in [0.5, 0.6) is 0 Å². The van der Waals surface area contributed by atoms with Gasteiger partial charge in [-0.3, -0.25) is 9.59 Å². The summed E-state index contributed by atoms with van der Waals surface area (Å²) in [5, 5.41) is 8.11. The van der Waals surface area contributed by atoms with Gasteiger partial charge in [0.15, 0.2) is 0 Å². The average Bonchev–Trinajstić information content (AvgIpc) is 2.54. The molecule has 0 fully saturated rings. The van der Waals surface area contributed by atoms with Crippen LogP contribution in [0.2, 0.25) is 0 Å². The Labute approximate surface area is 127 Å². The number of carbonyl (C=O) groups is 2. The molecule has 0 aliphatic rings. The SMILES string of the molecule is CNC(=O)c1ccc(NC(=O)CNc2ccc(F)cc2)cc1. The van der Waals surface area contributed by atoms with Crippen molar-refractivity contribution in [3.63, 3.8) is 0 Å². The van der Waals surface area contributed by atoms with E-state index in [1.165, 1.54) is 12.1 Å². The van der Waals surface area contributed by atoms with Gasteiger partial charge >= 0.3 is 0 Å². The van der Waals surface area contributed by atoms with Crippen molar-refractivity contribution in [2.75, 3.05) is 24.2 Å². The van der Waals surface area contributed by atoms with E-state index in [-0.39, 0.29) is 24.2 Å². The van der Waals surface area contributed by atoms with Crippen LogP contribution in [0, 0.1) is 5.82 Å². The van der Waals surface area contributed by atoms with Crippen molar-refractivity contribution in [1.82, 2.24) is 5.32 Å². The number of rotatable bonds is 5. The molecule has 2 amide bonds. The van der Waals surface area contributed by atoms with Crippen LogP contribution in [0.3, 0.4) is 0 Å². The maximum atomic E-state index is 12.8. The summed E-state index contributed by atoms with van der Waals surface area (Å²) in [7, 11) is 1.55. The smallest absolute Gasteiger partial charge is 0.251 e. The minimum absolute atomic E-state index is 0.0584. The molecule has 0 saturated carbocycles. The summed E-state index contributed by atoms with van der Waals surface area (Å²) in [6, 6.07) is 12.3. The molecular formula is C16H16FN3O2. The highest BCUT2D eigenvalue weighted by Gasteiger charge is 2.05. The minimum Gasteiger partial charge on any atom is -0.376 e. The molecule has 0 aliphatic heterocycles. The number of hydrogen-bond acceptors (Lipinski definition) is 3. The van der Waals surface area contributed by atoms with Gasteiger partial charge in [0.25, 0.3) is 5.91 Å². The molecule has 2 rings (SSSR count). The number of anilines is 2.